The van der Waals surface area contributed by atoms with Crippen LogP contribution in [0.15, 0.2) is 30.6 Å². The highest BCUT2D eigenvalue weighted by molar-refractivity contribution is 6.30. The molecule has 0 atom stereocenters. The first kappa shape index (κ1) is 13.1. The molecule has 0 spiro atoms. The molecule has 0 unspecified atom stereocenters. The minimum atomic E-state index is -0.650. The fraction of sp³-hybridized carbons (Fsp3) is 0. The molecule has 0 bridgehead atoms. The van der Waals surface area contributed by atoms with E-state index in [0.29, 0.717) is 10.7 Å². The predicted octanol–water partition coefficient (Wildman–Crippen LogP) is 0.919. The molecule has 0 saturated carbocycles. The van der Waals surface area contributed by atoms with Gasteiger partial charge in [0.25, 0.3) is 11.8 Å². The van der Waals surface area contributed by atoms with Crippen LogP contribution in [0.1, 0.15) is 21.0 Å². The number of amides is 2. The van der Waals surface area contributed by atoms with E-state index in [4.69, 9.17) is 17.4 Å². The minimum absolute atomic E-state index is 0.0258. The molecule has 0 radical (unpaired) electrons. The van der Waals surface area contributed by atoms with Crippen LogP contribution in [0.3, 0.4) is 0 Å². The quantitative estimate of drug-likeness (QED) is 0.380. The lowest BCUT2D eigenvalue weighted by Gasteiger charge is -2.05. The van der Waals surface area contributed by atoms with Crippen molar-refractivity contribution in [1.29, 1.82) is 0 Å². The number of imidazole rings is 1. The third kappa shape index (κ3) is 2.90. The summed E-state index contributed by atoms with van der Waals surface area (Å²) in [6.45, 7) is 0. The molecule has 0 aliphatic rings. The third-order valence-electron chi connectivity index (χ3n) is 2.31. The van der Waals surface area contributed by atoms with Crippen LogP contribution in [-0.4, -0.2) is 21.8 Å². The molecular formula is C11H10ClN5O2. The number of nitrogens with zero attached hydrogens (tertiary/aromatic N) is 1. The second-order valence-electron chi connectivity index (χ2n) is 3.56. The van der Waals surface area contributed by atoms with Crippen LogP contribution in [0.25, 0.3) is 0 Å². The van der Waals surface area contributed by atoms with Gasteiger partial charge < -0.3 is 10.3 Å². The number of anilines is 1. The highest BCUT2D eigenvalue weighted by Gasteiger charge is 2.19. The number of rotatable bonds is 3. The van der Waals surface area contributed by atoms with Gasteiger partial charge in [0.15, 0.2) is 5.69 Å². The van der Waals surface area contributed by atoms with E-state index in [1.54, 1.807) is 24.3 Å². The van der Waals surface area contributed by atoms with Crippen molar-refractivity contribution in [3.8, 4) is 0 Å². The first-order chi connectivity index (χ1) is 9.11. The number of nitrogens with two attached hydrogens (primary N) is 1. The van der Waals surface area contributed by atoms with Gasteiger partial charge in [0.1, 0.15) is 5.69 Å². The Morgan fingerprint density at radius 2 is 1.89 bits per heavy atom. The fourth-order valence-corrected chi connectivity index (χ4v) is 1.56. The van der Waals surface area contributed by atoms with Gasteiger partial charge in [-0.05, 0) is 24.3 Å². The van der Waals surface area contributed by atoms with Gasteiger partial charge in [-0.1, -0.05) is 11.6 Å². The average Bonchev–Trinajstić information content (AvgIpc) is 2.90. The lowest BCUT2D eigenvalue weighted by atomic mass is 10.2. The summed E-state index contributed by atoms with van der Waals surface area (Å²) >= 11 is 5.74. The maximum atomic E-state index is 12.0. The van der Waals surface area contributed by atoms with Gasteiger partial charge in [-0.15, -0.1) is 0 Å². The number of hydrogen-bond donors (Lipinski definition) is 4. The number of benzene rings is 1. The maximum Gasteiger partial charge on any atom is 0.286 e. The molecule has 1 heterocycles. The van der Waals surface area contributed by atoms with E-state index in [-0.39, 0.29) is 11.4 Å². The summed E-state index contributed by atoms with van der Waals surface area (Å²) in [4.78, 5) is 29.7. The van der Waals surface area contributed by atoms with E-state index in [0.717, 1.165) is 0 Å². The number of H-pyrrole nitrogens is 1. The van der Waals surface area contributed by atoms with Crippen molar-refractivity contribution in [2.45, 2.75) is 0 Å². The molecule has 5 N–H and O–H groups in total. The van der Waals surface area contributed by atoms with Gasteiger partial charge in [-0.2, -0.15) is 0 Å². The molecule has 0 fully saturated rings. The SMILES string of the molecule is NNC(=O)c1nc[nH]c1C(=O)Nc1ccc(Cl)cc1. The van der Waals surface area contributed by atoms with E-state index < -0.39 is 11.8 Å². The van der Waals surface area contributed by atoms with Gasteiger partial charge in [-0.25, -0.2) is 10.8 Å². The Bertz CT molecular complexity index is 608. The van der Waals surface area contributed by atoms with Gasteiger partial charge >= 0.3 is 0 Å². The average molecular weight is 280 g/mol. The molecule has 19 heavy (non-hydrogen) atoms. The van der Waals surface area contributed by atoms with E-state index in [1.807, 2.05) is 5.43 Å². The Labute approximate surface area is 113 Å². The summed E-state index contributed by atoms with van der Waals surface area (Å²) in [6.07, 6.45) is 1.24. The van der Waals surface area contributed by atoms with Crippen LogP contribution >= 0.6 is 11.6 Å². The number of carbonyl (C=O) groups is 2. The Balaban J connectivity index is 2.18. The van der Waals surface area contributed by atoms with Crippen molar-refractivity contribution in [3.05, 3.63) is 47.0 Å². The second-order valence-corrected chi connectivity index (χ2v) is 4.00. The van der Waals surface area contributed by atoms with Crippen LogP contribution in [0, 0.1) is 0 Å². The molecule has 1 aromatic carbocycles. The fourth-order valence-electron chi connectivity index (χ4n) is 1.43. The molecule has 1 aromatic heterocycles. The standard InChI is InChI=1S/C11H10ClN5O2/c12-6-1-3-7(4-2-6)16-10(18)8-9(11(19)17-13)15-5-14-8/h1-5H,13H2,(H,14,15)(H,16,18)(H,17,19). The van der Waals surface area contributed by atoms with E-state index in [9.17, 15) is 9.59 Å². The maximum absolute atomic E-state index is 12.0. The molecule has 0 aliphatic carbocycles. The van der Waals surface area contributed by atoms with Crippen LogP contribution < -0.4 is 16.6 Å². The molecule has 2 amide bonds. The predicted molar refractivity (Wildman–Crippen MR) is 69.6 cm³/mol. The first-order valence-electron chi connectivity index (χ1n) is 5.23. The number of halogens is 1. The Morgan fingerprint density at radius 1 is 1.21 bits per heavy atom. The Kier molecular flexibility index (Phi) is 3.79. The minimum Gasteiger partial charge on any atom is -0.340 e. The molecule has 8 heteroatoms. The van der Waals surface area contributed by atoms with Gasteiger partial charge in [0, 0.05) is 10.7 Å². The summed E-state index contributed by atoms with van der Waals surface area (Å²) in [6, 6.07) is 6.55. The van der Waals surface area contributed by atoms with Crippen LogP contribution in [0.2, 0.25) is 5.02 Å². The lowest BCUT2D eigenvalue weighted by molar-refractivity contribution is 0.0935. The Morgan fingerprint density at radius 3 is 2.53 bits per heavy atom. The summed E-state index contributed by atoms with van der Waals surface area (Å²) in [5.41, 5.74) is 2.41. The second kappa shape index (κ2) is 5.51. The monoisotopic (exact) mass is 279 g/mol. The third-order valence-corrected chi connectivity index (χ3v) is 2.57. The van der Waals surface area contributed by atoms with E-state index in [2.05, 4.69) is 15.3 Å². The zero-order chi connectivity index (χ0) is 13.8. The molecule has 0 aliphatic heterocycles. The molecule has 0 saturated heterocycles. The van der Waals surface area contributed by atoms with Crippen molar-refractivity contribution >= 4 is 29.1 Å². The molecule has 2 aromatic rings. The van der Waals surface area contributed by atoms with Crippen LogP contribution in [0.5, 0.6) is 0 Å². The highest BCUT2D eigenvalue weighted by atomic mass is 35.5. The normalized spacial score (nSPS) is 10.0. The van der Waals surface area contributed by atoms with E-state index >= 15 is 0 Å². The number of hydrogen-bond acceptors (Lipinski definition) is 4. The largest absolute Gasteiger partial charge is 0.340 e. The zero-order valence-electron chi connectivity index (χ0n) is 9.61. The number of nitrogen functional groups attached to an aromatic ring is 1. The van der Waals surface area contributed by atoms with Crippen molar-refractivity contribution in [1.82, 2.24) is 15.4 Å². The summed E-state index contributed by atoms with van der Waals surface area (Å²) in [7, 11) is 0. The highest BCUT2D eigenvalue weighted by Crippen LogP contribution is 2.14. The number of nitrogens with one attached hydrogen (secondary N) is 3. The van der Waals surface area contributed by atoms with Crippen molar-refractivity contribution in [2.75, 3.05) is 5.32 Å². The number of aromatic nitrogens is 2. The number of carbonyl (C=O) groups excluding carboxylic acids is 2. The summed E-state index contributed by atoms with van der Waals surface area (Å²) in [5.74, 6) is 3.85. The molecule has 98 valence electrons. The molecule has 7 nitrogen and oxygen atoms in total. The lowest BCUT2D eigenvalue weighted by Crippen LogP contribution is -2.32. The van der Waals surface area contributed by atoms with Gasteiger partial charge in [-0.3, -0.25) is 15.0 Å². The van der Waals surface area contributed by atoms with Crippen molar-refractivity contribution < 1.29 is 9.59 Å². The zero-order valence-corrected chi connectivity index (χ0v) is 10.4. The molecule has 2 rings (SSSR count). The Hall–Kier alpha value is -2.38. The van der Waals surface area contributed by atoms with E-state index in [1.165, 1.54) is 6.33 Å². The van der Waals surface area contributed by atoms with Crippen molar-refractivity contribution in [3.63, 3.8) is 0 Å². The first-order valence-corrected chi connectivity index (χ1v) is 5.61. The van der Waals surface area contributed by atoms with Gasteiger partial charge in [0.05, 0.1) is 6.33 Å². The number of aromatic amines is 1. The van der Waals surface area contributed by atoms with Crippen LogP contribution in [0.4, 0.5) is 5.69 Å². The number of hydrazine groups is 1. The van der Waals surface area contributed by atoms with Crippen LogP contribution in [-0.2, 0) is 0 Å². The smallest absolute Gasteiger partial charge is 0.286 e. The van der Waals surface area contributed by atoms with Crippen molar-refractivity contribution in [2.24, 2.45) is 5.84 Å². The topological polar surface area (TPSA) is 113 Å². The van der Waals surface area contributed by atoms with Gasteiger partial charge in [0.2, 0.25) is 0 Å². The summed E-state index contributed by atoms with van der Waals surface area (Å²) < 4.78 is 0. The summed E-state index contributed by atoms with van der Waals surface area (Å²) in [5, 5.41) is 3.16. The molecular weight excluding hydrogens is 270 g/mol.